The van der Waals surface area contributed by atoms with E-state index in [4.69, 9.17) is 23.2 Å². The van der Waals surface area contributed by atoms with Gasteiger partial charge in [0.25, 0.3) is 0 Å². The number of nitrogens with zero attached hydrogens (tertiary/aromatic N) is 4. The Labute approximate surface area is 176 Å². The molecule has 8 heteroatoms. The van der Waals surface area contributed by atoms with E-state index in [-0.39, 0.29) is 6.03 Å². The molecular weight excluding hydrogens is 397 g/mol. The summed E-state index contributed by atoms with van der Waals surface area (Å²) in [5.41, 5.74) is 1.03. The van der Waals surface area contributed by atoms with Crippen molar-refractivity contribution in [1.82, 2.24) is 19.8 Å². The molecule has 152 valence electrons. The third-order valence-electron chi connectivity index (χ3n) is 5.06. The lowest BCUT2D eigenvalue weighted by atomic mass is 10.1. The molecular formula is C20H27Cl2N5O. The number of piperazine rings is 1. The number of nitrogens with one attached hydrogen (secondary N) is 1. The van der Waals surface area contributed by atoms with E-state index in [1.165, 1.54) is 23.7 Å². The van der Waals surface area contributed by atoms with Gasteiger partial charge in [0, 0.05) is 45.1 Å². The van der Waals surface area contributed by atoms with Crippen molar-refractivity contribution in [2.75, 3.05) is 44.2 Å². The van der Waals surface area contributed by atoms with Crippen LogP contribution in [0.15, 0.2) is 36.9 Å². The first-order valence-electron chi connectivity index (χ1n) is 9.82. The number of hydrogen-bond acceptors (Lipinski definition) is 4. The summed E-state index contributed by atoms with van der Waals surface area (Å²) in [6.45, 7) is 5.86. The Morgan fingerprint density at radius 3 is 2.61 bits per heavy atom. The number of amides is 1. The quantitative estimate of drug-likeness (QED) is 0.648. The summed E-state index contributed by atoms with van der Waals surface area (Å²) < 4.78 is 1.45. The molecule has 1 aliphatic rings. The zero-order valence-electron chi connectivity index (χ0n) is 16.0. The summed E-state index contributed by atoms with van der Waals surface area (Å²) in [5.74, 6) is 0. The second kappa shape index (κ2) is 10.7. The van der Waals surface area contributed by atoms with Gasteiger partial charge in [-0.2, -0.15) is 0 Å². The minimum Gasteiger partial charge on any atom is -0.368 e. The molecule has 1 saturated heterocycles. The number of anilines is 1. The fraction of sp³-hybridized carbons (Fsp3) is 0.500. The molecule has 2 heterocycles. The van der Waals surface area contributed by atoms with E-state index in [0.29, 0.717) is 16.6 Å². The number of benzene rings is 1. The molecule has 0 aliphatic carbocycles. The second-order valence-corrected chi connectivity index (χ2v) is 7.80. The molecule has 1 N–H and O–H groups in total. The van der Waals surface area contributed by atoms with Gasteiger partial charge in [-0.1, -0.05) is 42.1 Å². The minimum absolute atomic E-state index is 0.116. The van der Waals surface area contributed by atoms with Gasteiger partial charge in [-0.05, 0) is 31.5 Å². The lowest BCUT2D eigenvalue weighted by molar-refractivity contribution is 0.241. The molecule has 1 aromatic carbocycles. The average molecular weight is 424 g/mol. The van der Waals surface area contributed by atoms with E-state index in [2.05, 4.69) is 20.1 Å². The van der Waals surface area contributed by atoms with Crippen LogP contribution in [0.5, 0.6) is 0 Å². The van der Waals surface area contributed by atoms with Gasteiger partial charge in [-0.15, -0.1) is 0 Å². The number of hydrogen-bond donors (Lipinski definition) is 1. The summed E-state index contributed by atoms with van der Waals surface area (Å²) in [5, 5.41) is 4.17. The molecule has 0 atom stereocenters. The summed E-state index contributed by atoms with van der Waals surface area (Å²) in [7, 11) is 0. The van der Waals surface area contributed by atoms with E-state index in [9.17, 15) is 4.79 Å². The third-order valence-corrected chi connectivity index (χ3v) is 5.87. The number of carbonyl (C=O) groups is 1. The van der Waals surface area contributed by atoms with Gasteiger partial charge in [0.2, 0.25) is 0 Å². The predicted molar refractivity (Wildman–Crippen MR) is 115 cm³/mol. The number of rotatable bonds is 8. The Morgan fingerprint density at radius 2 is 1.86 bits per heavy atom. The summed E-state index contributed by atoms with van der Waals surface area (Å²) in [6, 6.07) is 5.70. The van der Waals surface area contributed by atoms with E-state index in [1.807, 2.05) is 18.2 Å². The monoisotopic (exact) mass is 423 g/mol. The van der Waals surface area contributed by atoms with Crippen molar-refractivity contribution in [2.45, 2.75) is 25.7 Å². The predicted octanol–water partition coefficient (Wildman–Crippen LogP) is 4.13. The lowest BCUT2D eigenvalue weighted by Crippen LogP contribution is -2.46. The van der Waals surface area contributed by atoms with Gasteiger partial charge in [0.1, 0.15) is 6.33 Å². The van der Waals surface area contributed by atoms with Crippen LogP contribution in [-0.2, 0) is 0 Å². The highest BCUT2D eigenvalue weighted by atomic mass is 35.5. The number of unbranched alkanes of at least 4 members (excludes halogenated alkanes) is 3. The topological polar surface area (TPSA) is 53.4 Å². The van der Waals surface area contributed by atoms with Crippen LogP contribution in [0, 0.1) is 0 Å². The van der Waals surface area contributed by atoms with E-state index in [0.717, 1.165) is 51.3 Å². The molecule has 0 saturated carbocycles. The first-order chi connectivity index (χ1) is 13.6. The van der Waals surface area contributed by atoms with E-state index >= 15 is 0 Å². The van der Waals surface area contributed by atoms with Gasteiger partial charge in [0.05, 0.1) is 15.7 Å². The molecule has 0 unspecified atom stereocenters. The molecule has 1 aliphatic heterocycles. The van der Waals surface area contributed by atoms with Crippen molar-refractivity contribution in [2.24, 2.45) is 0 Å². The maximum absolute atomic E-state index is 11.8. The molecule has 3 rings (SSSR count). The van der Waals surface area contributed by atoms with Crippen LogP contribution >= 0.6 is 23.2 Å². The summed E-state index contributed by atoms with van der Waals surface area (Å²) in [6.07, 6.45) is 9.26. The van der Waals surface area contributed by atoms with E-state index < -0.39 is 0 Å². The molecule has 1 aromatic heterocycles. The highest BCUT2D eigenvalue weighted by Gasteiger charge is 2.19. The Kier molecular flexibility index (Phi) is 8.01. The largest absolute Gasteiger partial charge is 0.368 e. The Balaban J connectivity index is 1.25. The van der Waals surface area contributed by atoms with Crippen LogP contribution < -0.4 is 10.2 Å². The van der Waals surface area contributed by atoms with Gasteiger partial charge in [0.15, 0.2) is 0 Å². The van der Waals surface area contributed by atoms with Gasteiger partial charge < -0.3 is 10.2 Å². The zero-order chi connectivity index (χ0) is 19.8. The molecule has 1 amide bonds. The number of aromatic nitrogens is 2. The fourth-order valence-corrected chi connectivity index (χ4v) is 3.84. The first-order valence-corrected chi connectivity index (χ1v) is 10.6. The van der Waals surface area contributed by atoms with Crippen molar-refractivity contribution in [1.29, 1.82) is 0 Å². The first kappa shape index (κ1) is 21.0. The minimum atomic E-state index is -0.116. The maximum Gasteiger partial charge on any atom is 0.326 e. The summed E-state index contributed by atoms with van der Waals surface area (Å²) >= 11 is 12.5. The van der Waals surface area contributed by atoms with Crippen LogP contribution in [0.4, 0.5) is 10.5 Å². The third kappa shape index (κ3) is 5.87. The lowest BCUT2D eigenvalue weighted by Gasteiger charge is -2.36. The van der Waals surface area contributed by atoms with Crippen LogP contribution in [-0.4, -0.2) is 59.8 Å². The summed E-state index contributed by atoms with van der Waals surface area (Å²) in [4.78, 5) is 20.4. The normalized spacial score (nSPS) is 15.0. The van der Waals surface area contributed by atoms with Crippen LogP contribution in [0.1, 0.15) is 25.7 Å². The molecule has 0 spiro atoms. The van der Waals surface area contributed by atoms with Crippen molar-refractivity contribution in [3.63, 3.8) is 0 Å². The van der Waals surface area contributed by atoms with Crippen molar-refractivity contribution in [3.05, 3.63) is 47.0 Å². The molecule has 0 bridgehead atoms. The molecule has 1 fully saturated rings. The maximum atomic E-state index is 11.8. The highest BCUT2D eigenvalue weighted by Crippen LogP contribution is 2.32. The Hall–Kier alpha value is -1.76. The molecule has 28 heavy (non-hydrogen) atoms. The molecule has 2 aromatic rings. The van der Waals surface area contributed by atoms with Crippen LogP contribution in [0.2, 0.25) is 10.0 Å². The molecule has 6 nitrogen and oxygen atoms in total. The van der Waals surface area contributed by atoms with Crippen molar-refractivity contribution < 1.29 is 4.79 Å². The van der Waals surface area contributed by atoms with Crippen LogP contribution in [0.3, 0.4) is 0 Å². The Bertz CT molecular complexity index is 745. The number of carbonyl (C=O) groups excluding carboxylic acids is 1. The average Bonchev–Trinajstić information content (AvgIpc) is 3.25. The van der Waals surface area contributed by atoms with Crippen molar-refractivity contribution >= 4 is 34.9 Å². The van der Waals surface area contributed by atoms with E-state index in [1.54, 1.807) is 12.4 Å². The standard InChI is InChI=1S/C20H27Cl2N5O/c21-17-6-5-7-18(19(17)22)26-14-12-25(13-15-26)10-4-2-1-3-8-24-20(28)27-11-9-23-16-27/h5-7,9,11,16H,1-4,8,10,12-15H2,(H,24,28). The van der Waals surface area contributed by atoms with Gasteiger partial charge >= 0.3 is 6.03 Å². The SMILES string of the molecule is O=C(NCCCCCCN1CCN(c2cccc(Cl)c2Cl)CC1)n1ccnc1. The van der Waals surface area contributed by atoms with Crippen molar-refractivity contribution in [3.8, 4) is 0 Å². The van der Waals surface area contributed by atoms with Crippen LogP contribution in [0.25, 0.3) is 0 Å². The Morgan fingerprint density at radius 1 is 1.07 bits per heavy atom. The smallest absolute Gasteiger partial charge is 0.326 e. The molecule has 0 radical (unpaired) electrons. The zero-order valence-corrected chi connectivity index (χ0v) is 17.5. The van der Waals surface area contributed by atoms with Gasteiger partial charge in [-0.3, -0.25) is 9.47 Å². The fourth-order valence-electron chi connectivity index (χ4n) is 3.43. The highest BCUT2D eigenvalue weighted by molar-refractivity contribution is 6.43. The van der Waals surface area contributed by atoms with Gasteiger partial charge in [-0.25, -0.2) is 9.78 Å². The number of imidazole rings is 1. The number of halogens is 2. The second-order valence-electron chi connectivity index (χ2n) is 7.02.